The summed E-state index contributed by atoms with van der Waals surface area (Å²) in [7, 11) is 1.89. The van der Waals surface area contributed by atoms with E-state index in [1.165, 1.54) is 12.8 Å². The second kappa shape index (κ2) is 5.51. The third-order valence-electron chi connectivity index (χ3n) is 2.75. The highest BCUT2D eigenvalue weighted by Crippen LogP contribution is 2.32. The van der Waals surface area contributed by atoms with Crippen molar-refractivity contribution in [3.63, 3.8) is 0 Å². The zero-order valence-electron chi connectivity index (χ0n) is 9.50. The van der Waals surface area contributed by atoms with Crippen LogP contribution in [0.1, 0.15) is 24.8 Å². The molecule has 1 aromatic rings. The highest BCUT2D eigenvalue weighted by molar-refractivity contribution is 6.31. The molecule has 0 bridgehead atoms. The van der Waals surface area contributed by atoms with Crippen molar-refractivity contribution in [1.82, 2.24) is 10.3 Å². The first kappa shape index (κ1) is 11.7. The minimum absolute atomic E-state index is 0.676. The molecule has 4 heteroatoms. The van der Waals surface area contributed by atoms with Crippen LogP contribution in [0.4, 0.5) is 0 Å². The molecule has 0 radical (unpaired) electrons. The summed E-state index contributed by atoms with van der Waals surface area (Å²) >= 11 is 6.01. The van der Waals surface area contributed by atoms with Crippen LogP contribution >= 0.6 is 11.6 Å². The second-order valence-electron chi connectivity index (χ2n) is 4.22. The van der Waals surface area contributed by atoms with E-state index in [4.69, 9.17) is 16.3 Å². The Kier molecular flexibility index (Phi) is 4.02. The van der Waals surface area contributed by atoms with E-state index in [0.29, 0.717) is 10.9 Å². The van der Waals surface area contributed by atoms with Crippen LogP contribution in [0.3, 0.4) is 0 Å². The van der Waals surface area contributed by atoms with Gasteiger partial charge < -0.3 is 10.1 Å². The summed E-state index contributed by atoms with van der Waals surface area (Å²) < 4.78 is 5.60. The number of pyridine rings is 1. The van der Waals surface area contributed by atoms with Crippen molar-refractivity contribution < 1.29 is 4.74 Å². The molecule has 0 amide bonds. The molecule has 1 aromatic heterocycles. The normalized spacial score (nSPS) is 15.1. The van der Waals surface area contributed by atoms with Crippen molar-refractivity contribution in [2.45, 2.75) is 25.8 Å². The minimum Gasteiger partial charge on any atom is -0.478 e. The minimum atomic E-state index is 0.676. The Labute approximate surface area is 101 Å². The number of halogens is 1. The fourth-order valence-corrected chi connectivity index (χ4v) is 1.77. The smallest absolute Gasteiger partial charge is 0.213 e. The molecular formula is C12H17ClN2O. The second-order valence-corrected chi connectivity index (χ2v) is 4.63. The molecule has 1 aliphatic carbocycles. The van der Waals surface area contributed by atoms with Gasteiger partial charge in [-0.3, -0.25) is 0 Å². The molecule has 0 aliphatic heterocycles. The number of hydrogen-bond acceptors (Lipinski definition) is 3. The van der Waals surface area contributed by atoms with Crippen LogP contribution < -0.4 is 10.1 Å². The van der Waals surface area contributed by atoms with Gasteiger partial charge in [0.25, 0.3) is 0 Å². The zero-order chi connectivity index (χ0) is 11.4. The van der Waals surface area contributed by atoms with E-state index in [1.54, 1.807) is 6.20 Å². The van der Waals surface area contributed by atoms with Crippen LogP contribution in [0, 0.1) is 5.92 Å². The van der Waals surface area contributed by atoms with Crippen LogP contribution in [-0.4, -0.2) is 18.6 Å². The Morgan fingerprint density at radius 2 is 2.38 bits per heavy atom. The van der Waals surface area contributed by atoms with E-state index in [2.05, 4.69) is 10.3 Å². The fourth-order valence-electron chi connectivity index (χ4n) is 1.60. The van der Waals surface area contributed by atoms with E-state index in [-0.39, 0.29) is 0 Å². The van der Waals surface area contributed by atoms with Crippen LogP contribution in [0.15, 0.2) is 12.3 Å². The van der Waals surface area contributed by atoms with Gasteiger partial charge in [-0.2, -0.15) is 0 Å². The van der Waals surface area contributed by atoms with Gasteiger partial charge in [0, 0.05) is 18.8 Å². The summed E-state index contributed by atoms with van der Waals surface area (Å²) in [6.07, 6.45) is 5.52. The number of nitrogens with one attached hydrogen (secondary N) is 1. The molecule has 0 saturated heterocycles. The predicted octanol–water partition coefficient (Wildman–Crippen LogP) is 2.63. The van der Waals surface area contributed by atoms with Gasteiger partial charge in [0.1, 0.15) is 0 Å². The van der Waals surface area contributed by atoms with Crippen molar-refractivity contribution in [3.05, 3.63) is 22.8 Å². The molecule has 1 saturated carbocycles. The van der Waals surface area contributed by atoms with Gasteiger partial charge in [0.2, 0.25) is 5.88 Å². The summed E-state index contributed by atoms with van der Waals surface area (Å²) in [6, 6.07) is 1.91. The van der Waals surface area contributed by atoms with Crippen molar-refractivity contribution in [3.8, 4) is 5.88 Å². The molecule has 2 rings (SSSR count). The number of hydrogen-bond donors (Lipinski definition) is 1. The van der Waals surface area contributed by atoms with Gasteiger partial charge in [0.15, 0.2) is 0 Å². The number of nitrogens with zero attached hydrogens (tertiary/aromatic N) is 1. The summed E-state index contributed by atoms with van der Waals surface area (Å²) in [6.45, 7) is 1.50. The van der Waals surface area contributed by atoms with Gasteiger partial charge in [-0.15, -0.1) is 0 Å². The Hall–Kier alpha value is -0.800. The summed E-state index contributed by atoms with van der Waals surface area (Å²) in [5.74, 6) is 1.57. The first-order valence-corrected chi connectivity index (χ1v) is 6.09. The third kappa shape index (κ3) is 3.35. The van der Waals surface area contributed by atoms with Gasteiger partial charge >= 0.3 is 0 Å². The Morgan fingerprint density at radius 1 is 1.56 bits per heavy atom. The van der Waals surface area contributed by atoms with Crippen LogP contribution in [-0.2, 0) is 6.54 Å². The summed E-state index contributed by atoms with van der Waals surface area (Å²) in [4.78, 5) is 4.16. The van der Waals surface area contributed by atoms with E-state index in [0.717, 1.165) is 31.1 Å². The quantitative estimate of drug-likeness (QED) is 0.830. The third-order valence-corrected chi connectivity index (χ3v) is 3.09. The van der Waals surface area contributed by atoms with Gasteiger partial charge in [-0.05, 0) is 24.9 Å². The van der Waals surface area contributed by atoms with Gasteiger partial charge in [-0.25, -0.2) is 4.98 Å². The van der Waals surface area contributed by atoms with Crippen molar-refractivity contribution >= 4 is 11.6 Å². The highest BCUT2D eigenvalue weighted by atomic mass is 35.5. The van der Waals surface area contributed by atoms with Crippen molar-refractivity contribution in [2.75, 3.05) is 13.7 Å². The fraction of sp³-hybridized carbons (Fsp3) is 0.583. The lowest BCUT2D eigenvalue weighted by Crippen LogP contribution is -2.07. The van der Waals surface area contributed by atoms with Crippen LogP contribution in [0.25, 0.3) is 0 Å². The molecule has 3 nitrogen and oxygen atoms in total. The average molecular weight is 241 g/mol. The maximum absolute atomic E-state index is 6.01. The molecule has 0 atom stereocenters. The molecule has 1 aliphatic rings. The van der Waals surface area contributed by atoms with E-state index < -0.39 is 0 Å². The molecule has 0 unspecified atom stereocenters. The van der Waals surface area contributed by atoms with E-state index in [9.17, 15) is 0 Å². The Bertz CT molecular complexity index is 353. The van der Waals surface area contributed by atoms with E-state index >= 15 is 0 Å². The lowest BCUT2D eigenvalue weighted by Gasteiger charge is -2.08. The first-order chi connectivity index (χ1) is 7.79. The molecule has 1 fully saturated rings. The first-order valence-electron chi connectivity index (χ1n) is 5.71. The highest BCUT2D eigenvalue weighted by Gasteiger charge is 2.20. The maximum Gasteiger partial charge on any atom is 0.213 e. The lowest BCUT2D eigenvalue weighted by atomic mass is 10.2. The molecule has 88 valence electrons. The van der Waals surface area contributed by atoms with Crippen LogP contribution in [0.5, 0.6) is 5.88 Å². The van der Waals surface area contributed by atoms with Crippen molar-refractivity contribution in [2.24, 2.45) is 5.92 Å². The molecular weight excluding hydrogens is 224 g/mol. The molecule has 16 heavy (non-hydrogen) atoms. The van der Waals surface area contributed by atoms with E-state index in [1.807, 2.05) is 13.1 Å². The summed E-state index contributed by atoms with van der Waals surface area (Å²) in [5.41, 5.74) is 1.03. The molecule has 0 spiro atoms. The van der Waals surface area contributed by atoms with Crippen molar-refractivity contribution in [1.29, 1.82) is 0 Å². The zero-order valence-corrected chi connectivity index (χ0v) is 10.3. The monoisotopic (exact) mass is 240 g/mol. The SMILES string of the molecule is CNCc1cc(OCCC2CC2)ncc1Cl. The lowest BCUT2D eigenvalue weighted by molar-refractivity contribution is 0.291. The average Bonchev–Trinajstić information content (AvgIpc) is 3.07. The Balaban J connectivity index is 1.89. The number of aromatic nitrogens is 1. The number of ether oxygens (including phenoxy) is 1. The number of rotatable bonds is 6. The largest absolute Gasteiger partial charge is 0.478 e. The van der Waals surface area contributed by atoms with Crippen LogP contribution in [0.2, 0.25) is 5.02 Å². The molecule has 1 N–H and O–H groups in total. The Morgan fingerprint density at radius 3 is 3.06 bits per heavy atom. The summed E-state index contributed by atoms with van der Waals surface area (Å²) in [5, 5.41) is 3.75. The standard InChI is InChI=1S/C12H17ClN2O/c1-14-7-10-6-12(15-8-11(10)13)16-5-4-9-2-3-9/h6,8-9,14H,2-5,7H2,1H3. The molecule has 1 heterocycles. The topological polar surface area (TPSA) is 34.1 Å². The van der Waals surface area contributed by atoms with Gasteiger partial charge in [-0.1, -0.05) is 24.4 Å². The maximum atomic E-state index is 6.01. The van der Waals surface area contributed by atoms with Gasteiger partial charge in [0.05, 0.1) is 11.6 Å². The predicted molar refractivity (Wildman–Crippen MR) is 64.8 cm³/mol. The molecule has 0 aromatic carbocycles.